The lowest BCUT2D eigenvalue weighted by atomic mass is 9.89. The summed E-state index contributed by atoms with van der Waals surface area (Å²) in [5, 5.41) is 17.5. The molecular weight excluding hydrogens is 682 g/mol. The number of β-amino-alcohol motifs (C(OH)–C–C–N with tert-alkyl or cyclic N) is 1. The topological polar surface area (TPSA) is 109 Å². The lowest BCUT2D eigenvalue weighted by molar-refractivity contribution is 0.0365. The summed E-state index contributed by atoms with van der Waals surface area (Å²) in [4.78, 5) is 9.59. The second-order valence-corrected chi connectivity index (χ2v) is 16.0. The van der Waals surface area contributed by atoms with E-state index in [1.54, 1.807) is 0 Å². The van der Waals surface area contributed by atoms with Crippen molar-refractivity contribution in [2.45, 2.75) is 50.9 Å². The van der Waals surface area contributed by atoms with Gasteiger partial charge in [0.05, 0.1) is 37.8 Å². The fourth-order valence-electron chi connectivity index (χ4n) is 7.44. The number of aromatic nitrogens is 4. The number of pyridine rings is 1. The molecule has 1 atom stereocenters. The van der Waals surface area contributed by atoms with Crippen molar-refractivity contribution in [3.05, 3.63) is 70.1 Å². The Morgan fingerprint density at radius 2 is 1.77 bits per heavy atom. The molecule has 1 aromatic carbocycles. The maximum absolute atomic E-state index is 12.4. The van der Waals surface area contributed by atoms with E-state index in [1.165, 1.54) is 21.5 Å². The summed E-state index contributed by atoms with van der Waals surface area (Å²) in [7, 11) is -3.33. The molecule has 4 aromatic rings. The first-order valence-corrected chi connectivity index (χ1v) is 19.3. The van der Waals surface area contributed by atoms with Crippen LogP contribution in [0.3, 0.4) is 0 Å². The molecule has 0 spiro atoms. The van der Waals surface area contributed by atoms with Crippen molar-refractivity contribution in [1.82, 2.24) is 33.4 Å². The number of morpholine rings is 1. The van der Waals surface area contributed by atoms with Crippen molar-refractivity contribution >= 4 is 37.0 Å². The number of hydrogen-bond acceptors (Lipinski definition) is 8. The Bertz CT molecular complexity index is 1790. The molecule has 3 aromatic heterocycles. The van der Waals surface area contributed by atoms with Crippen molar-refractivity contribution in [2.75, 3.05) is 65.3 Å². The van der Waals surface area contributed by atoms with Gasteiger partial charge >= 0.3 is 0 Å². The van der Waals surface area contributed by atoms with Crippen molar-refractivity contribution in [3.63, 3.8) is 0 Å². The van der Waals surface area contributed by atoms with Crippen molar-refractivity contribution < 1.29 is 18.3 Å². The Labute approximate surface area is 285 Å². The monoisotopic (exact) mass is 725 g/mol. The lowest BCUT2D eigenvalue weighted by Crippen LogP contribution is -2.40. The van der Waals surface area contributed by atoms with Crippen LogP contribution in [0.1, 0.15) is 35.6 Å². The zero-order chi connectivity index (χ0) is 32.5. The zero-order valence-electron chi connectivity index (χ0n) is 27.0. The number of aliphatic hydroxyl groups is 1. The number of likely N-dealkylation sites (tertiary alicyclic amines) is 1. The minimum Gasteiger partial charge on any atom is -0.390 e. The van der Waals surface area contributed by atoms with Crippen LogP contribution in [0.2, 0.25) is 0 Å². The largest absolute Gasteiger partial charge is 0.390 e. The van der Waals surface area contributed by atoms with E-state index in [0.29, 0.717) is 38.5 Å². The minimum atomic E-state index is -3.33. The number of halogens is 1. The van der Waals surface area contributed by atoms with Gasteiger partial charge in [-0.1, -0.05) is 28.1 Å². The van der Waals surface area contributed by atoms with E-state index < -0.39 is 16.1 Å². The third-order valence-electron chi connectivity index (χ3n) is 9.99. The number of hydrogen-bond donors (Lipinski definition) is 1. The van der Waals surface area contributed by atoms with E-state index >= 15 is 0 Å². The van der Waals surface area contributed by atoms with Gasteiger partial charge in [0, 0.05) is 91.3 Å². The smallest absolute Gasteiger partial charge is 0.211 e. The maximum Gasteiger partial charge on any atom is 0.211 e. The van der Waals surface area contributed by atoms with Gasteiger partial charge in [-0.2, -0.15) is 9.40 Å². The average Bonchev–Trinajstić information content (AvgIpc) is 3.63. The number of ether oxygens (including phenoxy) is 1. The van der Waals surface area contributed by atoms with Gasteiger partial charge in [0.2, 0.25) is 10.0 Å². The number of piperidine rings is 1. The molecule has 3 aliphatic heterocycles. The van der Waals surface area contributed by atoms with Crippen LogP contribution in [0.4, 0.5) is 0 Å². The molecule has 252 valence electrons. The van der Waals surface area contributed by atoms with Crippen molar-refractivity contribution in [1.29, 1.82) is 0 Å². The maximum atomic E-state index is 12.4. The summed E-state index contributed by atoms with van der Waals surface area (Å²) < 4.78 is 37.1. The molecule has 0 bridgehead atoms. The molecule has 0 amide bonds. The van der Waals surface area contributed by atoms with Gasteiger partial charge in [-0.05, 0) is 61.7 Å². The summed E-state index contributed by atoms with van der Waals surface area (Å²) in [5.74, 6) is 0.462. The molecule has 6 heterocycles. The van der Waals surface area contributed by atoms with Gasteiger partial charge in [0.1, 0.15) is 5.65 Å². The normalized spacial score (nSPS) is 19.7. The van der Waals surface area contributed by atoms with E-state index in [0.717, 1.165) is 98.0 Å². The van der Waals surface area contributed by atoms with Gasteiger partial charge in [-0.3, -0.25) is 9.58 Å². The van der Waals surface area contributed by atoms with Crippen LogP contribution in [0.5, 0.6) is 0 Å². The Balaban J connectivity index is 1.00. The van der Waals surface area contributed by atoms with Crippen LogP contribution < -0.4 is 0 Å². The van der Waals surface area contributed by atoms with E-state index in [4.69, 9.17) is 14.8 Å². The standard InChI is InChI=1S/C34H44BrN7O4S/c1-47(44,45)41-14-10-32-31(24-41)33(26-4-6-27(35)7-5-26)37-42(32)22-28(43)21-39-12-8-25(9-13-39)30-23-40(34-29(30)3-2-11-36-34)16-15-38-17-19-46-20-18-38/h2-7,11,23,25,28,43H,8-10,12-22,24H2,1H3. The van der Waals surface area contributed by atoms with Crippen LogP contribution in [-0.2, 0) is 40.8 Å². The van der Waals surface area contributed by atoms with E-state index in [2.05, 4.69) is 42.6 Å². The van der Waals surface area contributed by atoms with Crippen molar-refractivity contribution in [2.24, 2.45) is 0 Å². The molecule has 2 fully saturated rings. The molecule has 3 aliphatic rings. The molecule has 11 nitrogen and oxygen atoms in total. The third-order valence-corrected chi connectivity index (χ3v) is 11.8. The van der Waals surface area contributed by atoms with Crippen LogP contribution in [0.15, 0.2) is 53.3 Å². The van der Waals surface area contributed by atoms with E-state index in [1.807, 2.05) is 41.2 Å². The molecule has 0 saturated carbocycles. The summed E-state index contributed by atoms with van der Waals surface area (Å²) in [6, 6.07) is 12.2. The van der Waals surface area contributed by atoms with E-state index in [-0.39, 0.29) is 0 Å². The number of benzene rings is 1. The number of fused-ring (bicyclic) bond motifs is 2. The molecule has 0 aliphatic carbocycles. The fourth-order valence-corrected chi connectivity index (χ4v) is 8.49. The minimum absolute atomic E-state index is 0.294. The number of sulfonamides is 1. The average molecular weight is 727 g/mol. The first kappa shape index (κ1) is 32.9. The summed E-state index contributed by atoms with van der Waals surface area (Å²) in [5.41, 5.74) is 6.12. The first-order valence-electron chi connectivity index (χ1n) is 16.7. The van der Waals surface area contributed by atoms with Gasteiger partial charge in [0.25, 0.3) is 0 Å². The first-order chi connectivity index (χ1) is 22.7. The van der Waals surface area contributed by atoms with Crippen LogP contribution in [0.25, 0.3) is 22.3 Å². The van der Waals surface area contributed by atoms with Gasteiger partial charge < -0.3 is 19.3 Å². The van der Waals surface area contributed by atoms with Gasteiger partial charge in [-0.15, -0.1) is 0 Å². The lowest BCUT2D eigenvalue weighted by Gasteiger charge is -2.33. The van der Waals surface area contributed by atoms with Crippen LogP contribution in [-0.4, -0.2) is 118 Å². The van der Waals surface area contributed by atoms with Crippen molar-refractivity contribution in [3.8, 4) is 11.3 Å². The second-order valence-electron chi connectivity index (χ2n) is 13.1. The second kappa shape index (κ2) is 14.1. The highest BCUT2D eigenvalue weighted by Crippen LogP contribution is 2.35. The predicted octanol–water partition coefficient (Wildman–Crippen LogP) is 3.55. The predicted molar refractivity (Wildman–Crippen MR) is 186 cm³/mol. The summed E-state index contributed by atoms with van der Waals surface area (Å²) in [6.45, 7) is 9.03. The Kier molecular flexibility index (Phi) is 9.84. The number of rotatable bonds is 10. The SMILES string of the molecule is CS(=O)(=O)N1CCc2c(c(-c3ccc(Br)cc3)nn2CC(O)CN2CCC(c3cn(CCN4CCOCC4)c4ncccc34)CC2)C1. The van der Waals surface area contributed by atoms with E-state index in [9.17, 15) is 13.5 Å². The molecular formula is C34H44BrN7O4S. The molecule has 7 rings (SSSR count). The number of aliphatic hydroxyl groups excluding tert-OH is 1. The summed E-state index contributed by atoms with van der Waals surface area (Å²) >= 11 is 3.50. The Morgan fingerprint density at radius 1 is 1.00 bits per heavy atom. The van der Waals surface area contributed by atoms with Crippen LogP contribution in [0, 0.1) is 0 Å². The fraction of sp³-hybridized carbons (Fsp3) is 0.529. The zero-order valence-corrected chi connectivity index (χ0v) is 29.4. The highest BCUT2D eigenvalue weighted by molar-refractivity contribution is 9.10. The number of nitrogens with zero attached hydrogens (tertiary/aromatic N) is 7. The molecule has 13 heteroatoms. The highest BCUT2D eigenvalue weighted by Gasteiger charge is 2.31. The third kappa shape index (κ3) is 7.36. The van der Waals surface area contributed by atoms with Gasteiger partial charge in [-0.25, -0.2) is 13.4 Å². The Morgan fingerprint density at radius 3 is 2.51 bits per heavy atom. The highest BCUT2D eigenvalue weighted by atomic mass is 79.9. The molecule has 1 N–H and O–H groups in total. The molecule has 47 heavy (non-hydrogen) atoms. The summed E-state index contributed by atoms with van der Waals surface area (Å²) in [6.07, 6.45) is 7.54. The van der Waals surface area contributed by atoms with Crippen LogP contribution >= 0.6 is 15.9 Å². The van der Waals surface area contributed by atoms with Gasteiger partial charge in [0.15, 0.2) is 0 Å². The Hall–Kier alpha value is -2.65. The molecule has 2 saturated heterocycles. The molecule has 1 unspecified atom stereocenters. The molecule has 0 radical (unpaired) electrons. The quantitative estimate of drug-likeness (QED) is 0.265.